The van der Waals surface area contributed by atoms with E-state index in [1.807, 2.05) is 24.3 Å². The SMILES string of the molecule is C=CCN1C(=O)[C@@](O)([C@H]2CCc3ccccc3C2=O)c2cc(Br)ccc21. The molecular formula is C21H18BrNO3. The summed E-state index contributed by atoms with van der Waals surface area (Å²) in [5, 5.41) is 11.6. The van der Waals surface area contributed by atoms with Crippen molar-refractivity contribution in [2.45, 2.75) is 18.4 Å². The van der Waals surface area contributed by atoms with Gasteiger partial charge in [-0.2, -0.15) is 0 Å². The average Bonchev–Trinajstić information content (AvgIpc) is 2.85. The molecule has 1 N–H and O–H groups in total. The fourth-order valence-corrected chi connectivity index (χ4v) is 4.48. The van der Waals surface area contributed by atoms with Crippen LogP contribution in [0.3, 0.4) is 0 Å². The van der Waals surface area contributed by atoms with E-state index in [1.54, 1.807) is 24.3 Å². The molecule has 2 aromatic rings. The monoisotopic (exact) mass is 411 g/mol. The summed E-state index contributed by atoms with van der Waals surface area (Å²) >= 11 is 3.41. The average molecular weight is 412 g/mol. The Balaban J connectivity index is 1.86. The first-order valence-corrected chi connectivity index (χ1v) is 9.35. The van der Waals surface area contributed by atoms with Crippen LogP contribution >= 0.6 is 15.9 Å². The first-order valence-electron chi connectivity index (χ1n) is 8.56. The van der Waals surface area contributed by atoms with Crippen LogP contribution in [0.1, 0.15) is 27.9 Å². The van der Waals surface area contributed by atoms with Gasteiger partial charge in [0.05, 0.1) is 11.6 Å². The second kappa shape index (κ2) is 6.18. The van der Waals surface area contributed by atoms with Crippen LogP contribution in [-0.2, 0) is 16.8 Å². The maximum Gasteiger partial charge on any atom is 0.264 e. The van der Waals surface area contributed by atoms with Gasteiger partial charge in [-0.1, -0.05) is 46.3 Å². The molecule has 0 radical (unpaired) electrons. The Bertz CT molecular complexity index is 939. The van der Waals surface area contributed by atoms with Crippen molar-refractivity contribution < 1.29 is 14.7 Å². The number of halogens is 1. The van der Waals surface area contributed by atoms with E-state index >= 15 is 0 Å². The molecule has 0 saturated carbocycles. The Hall–Kier alpha value is -2.24. The molecule has 2 aliphatic rings. The number of carbonyl (C=O) groups excluding carboxylic acids is 2. The maximum absolute atomic E-state index is 13.2. The number of rotatable bonds is 3. The van der Waals surface area contributed by atoms with Gasteiger partial charge in [-0.25, -0.2) is 0 Å². The third-order valence-electron chi connectivity index (χ3n) is 5.35. The summed E-state index contributed by atoms with van der Waals surface area (Å²) < 4.78 is 0.756. The standard InChI is InChI=1S/C21H18BrNO3/c1-2-11-23-18-10-8-14(22)12-17(18)21(26,20(23)25)16-9-7-13-5-3-4-6-15(13)19(16)24/h2-6,8,10,12,16,26H,1,7,9,11H2/t16-,21+/m0/s1. The lowest BCUT2D eigenvalue weighted by Crippen LogP contribution is -2.49. The van der Waals surface area contributed by atoms with E-state index in [9.17, 15) is 14.7 Å². The molecule has 5 heteroatoms. The lowest BCUT2D eigenvalue weighted by Gasteiger charge is -2.34. The topological polar surface area (TPSA) is 57.6 Å². The molecule has 0 unspecified atom stereocenters. The molecule has 4 rings (SSSR count). The number of hydrogen-bond acceptors (Lipinski definition) is 3. The summed E-state index contributed by atoms with van der Waals surface area (Å²) in [5.74, 6) is -1.43. The first-order chi connectivity index (χ1) is 12.5. The highest BCUT2D eigenvalue weighted by Gasteiger charge is 2.57. The summed E-state index contributed by atoms with van der Waals surface area (Å²) in [5.41, 5.74) is 0.833. The van der Waals surface area contributed by atoms with E-state index in [1.165, 1.54) is 4.90 Å². The third-order valence-corrected chi connectivity index (χ3v) is 5.84. The minimum absolute atomic E-state index is 0.172. The summed E-state index contributed by atoms with van der Waals surface area (Å²) in [6.07, 6.45) is 2.71. The molecule has 1 aliphatic heterocycles. The Labute approximate surface area is 160 Å². The van der Waals surface area contributed by atoms with E-state index in [-0.39, 0.29) is 12.3 Å². The second-order valence-corrected chi connectivity index (χ2v) is 7.66. The van der Waals surface area contributed by atoms with Crippen LogP contribution in [-0.4, -0.2) is 23.3 Å². The lowest BCUT2D eigenvalue weighted by molar-refractivity contribution is -0.140. The molecule has 4 nitrogen and oxygen atoms in total. The van der Waals surface area contributed by atoms with Crippen molar-refractivity contribution in [2.24, 2.45) is 5.92 Å². The van der Waals surface area contributed by atoms with Gasteiger partial charge in [0.15, 0.2) is 11.4 Å². The number of amides is 1. The molecule has 1 amide bonds. The molecular weight excluding hydrogens is 394 g/mol. The normalized spacial score (nSPS) is 24.4. The van der Waals surface area contributed by atoms with Gasteiger partial charge in [-0.15, -0.1) is 6.58 Å². The molecule has 26 heavy (non-hydrogen) atoms. The predicted octanol–water partition coefficient (Wildman–Crippen LogP) is 3.61. The zero-order valence-electron chi connectivity index (χ0n) is 14.1. The molecule has 0 bridgehead atoms. The molecule has 0 spiro atoms. The predicted molar refractivity (Wildman–Crippen MR) is 103 cm³/mol. The molecule has 1 heterocycles. The fraction of sp³-hybridized carbons (Fsp3) is 0.238. The Morgan fingerprint density at radius 1 is 1.27 bits per heavy atom. The number of fused-ring (bicyclic) bond motifs is 2. The summed E-state index contributed by atoms with van der Waals surface area (Å²) in [7, 11) is 0. The third kappa shape index (κ3) is 2.31. The van der Waals surface area contributed by atoms with Gasteiger partial charge in [-0.05, 0) is 36.6 Å². The summed E-state index contributed by atoms with van der Waals surface area (Å²) in [6, 6.07) is 12.8. The van der Waals surface area contributed by atoms with Crippen LogP contribution in [0, 0.1) is 5.92 Å². The molecule has 0 fully saturated rings. The number of ketones is 1. The van der Waals surface area contributed by atoms with Crippen molar-refractivity contribution in [2.75, 3.05) is 11.4 Å². The first kappa shape index (κ1) is 17.2. The number of Topliss-reactive ketones (excluding diaryl/α,β-unsaturated/α-hetero) is 1. The van der Waals surface area contributed by atoms with Gasteiger partial charge in [0, 0.05) is 22.1 Å². The van der Waals surface area contributed by atoms with Crippen LogP contribution in [0.2, 0.25) is 0 Å². The molecule has 132 valence electrons. The van der Waals surface area contributed by atoms with Gasteiger partial charge in [0.2, 0.25) is 0 Å². The maximum atomic E-state index is 13.2. The molecule has 2 aromatic carbocycles. The second-order valence-electron chi connectivity index (χ2n) is 6.74. The van der Waals surface area contributed by atoms with Crippen molar-refractivity contribution >= 4 is 33.3 Å². The highest BCUT2D eigenvalue weighted by Crippen LogP contribution is 2.49. The largest absolute Gasteiger partial charge is 0.375 e. The zero-order valence-corrected chi connectivity index (χ0v) is 15.7. The highest BCUT2D eigenvalue weighted by atomic mass is 79.9. The van der Waals surface area contributed by atoms with E-state index in [2.05, 4.69) is 22.5 Å². The van der Waals surface area contributed by atoms with Crippen LogP contribution in [0.25, 0.3) is 0 Å². The minimum Gasteiger partial charge on any atom is -0.375 e. The van der Waals surface area contributed by atoms with Crippen LogP contribution < -0.4 is 4.90 Å². The van der Waals surface area contributed by atoms with E-state index in [4.69, 9.17) is 0 Å². The molecule has 0 aromatic heterocycles. The number of aliphatic hydroxyl groups is 1. The number of benzene rings is 2. The summed E-state index contributed by atoms with van der Waals surface area (Å²) in [4.78, 5) is 27.9. The van der Waals surface area contributed by atoms with Gasteiger partial charge in [-0.3, -0.25) is 9.59 Å². The number of hydrogen-bond donors (Lipinski definition) is 1. The lowest BCUT2D eigenvalue weighted by atomic mass is 9.71. The Morgan fingerprint density at radius 3 is 2.81 bits per heavy atom. The van der Waals surface area contributed by atoms with Gasteiger partial charge >= 0.3 is 0 Å². The number of aryl methyl sites for hydroxylation is 1. The summed E-state index contributed by atoms with van der Waals surface area (Å²) in [6.45, 7) is 3.99. The quantitative estimate of drug-likeness (QED) is 0.784. The van der Waals surface area contributed by atoms with Crippen molar-refractivity contribution in [1.29, 1.82) is 0 Å². The Morgan fingerprint density at radius 2 is 2.04 bits per heavy atom. The van der Waals surface area contributed by atoms with Crippen molar-refractivity contribution in [3.05, 3.63) is 76.3 Å². The number of nitrogens with zero attached hydrogens (tertiary/aromatic N) is 1. The van der Waals surface area contributed by atoms with E-state index in [0.717, 1.165) is 10.0 Å². The van der Waals surface area contributed by atoms with E-state index in [0.29, 0.717) is 29.7 Å². The van der Waals surface area contributed by atoms with Crippen LogP contribution in [0.15, 0.2) is 59.6 Å². The van der Waals surface area contributed by atoms with Gasteiger partial charge in [0.25, 0.3) is 5.91 Å². The Kier molecular flexibility index (Phi) is 4.09. The highest BCUT2D eigenvalue weighted by molar-refractivity contribution is 9.10. The van der Waals surface area contributed by atoms with Crippen LogP contribution in [0.5, 0.6) is 0 Å². The van der Waals surface area contributed by atoms with Crippen molar-refractivity contribution in [3.8, 4) is 0 Å². The van der Waals surface area contributed by atoms with Crippen molar-refractivity contribution in [3.63, 3.8) is 0 Å². The van der Waals surface area contributed by atoms with E-state index < -0.39 is 17.4 Å². The zero-order chi connectivity index (χ0) is 18.5. The minimum atomic E-state index is -1.85. The molecule has 0 saturated heterocycles. The number of carbonyl (C=O) groups is 2. The number of anilines is 1. The molecule has 2 atom stereocenters. The fourth-order valence-electron chi connectivity index (χ4n) is 4.12. The van der Waals surface area contributed by atoms with Crippen LogP contribution in [0.4, 0.5) is 5.69 Å². The smallest absolute Gasteiger partial charge is 0.264 e. The van der Waals surface area contributed by atoms with Crippen molar-refractivity contribution in [1.82, 2.24) is 0 Å². The molecule has 1 aliphatic carbocycles. The van der Waals surface area contributed by atoms with Gasteiger partial charge < -0.3 is 10.0 Å². The van der Waals surface area contributed by atoms with Gasteiger partial charge in [0.1, 0.15) is 0 Å².